The van der Waals surface area contributed by atoms with Gasteiger partial charge in [0.05, 0.1) is 6.61 Å². The van der Waals surface area contributed by atoms with Gasteiger partial charge in [0, 0.05) is 13.2 Å². The number of hydrogen-bond donors (Lipinski definition) is 2. The van der Waals surface area contributed by atoms with Gasteiger partial charge in [-0.25, -0.2) is 0 Å². The molecule has 5 nitrogen and oxygen atoms in total. The Hall–Kier alpha value is -0.650. The largest absolute Gasteiger partial charge is 0.468 e. The Morgan fingerprint density at radius 3 is 1.90 bits per heavy atom. The Labute approximate surface area is 185 Å². The monoisotopic (exact) mass is 427 g/mol. The zero-order valence-corrected chi connectivity index (χ0v) is 20.4. The molecule has 0 aromatic carbocycles. The minimum atomic E-state index is 0.281. The predicted octanol–water partition coefficient (Wildman–Crippen LogP) is 4.65. The number of ether oxygens (including phenoxy) is 1. The molecule has 0 amide bonds. The lowest BCUT2D eigenvalue weighted by Gasteiger charge is -2.58. The summed E-state index contributed by atoms with van der Waals surface area (Å²) in [5, 5.41) is 18.7. The van der Waals surface area contributed by atoms with Crippen LogP contribution >= 0.6 is 0 Å². The Morgan fingerprint density at radius 1 is 0.933 bits per heavy atom. The van der Waals surface area contributed by atoms with Gasteiger partial charge in [-0.2, -0.15) is 0 Å². The highest BCUT2D eigenvalue weighted by atomic mass is 16.5. The maximum absolute atomic E-state index is 10.4. The molecule has 5 heteroatoms. The van der Waals surface area contributed by atoms with Gasteiger partial charge in [-0.05, 0) is 113 Å². The number of fused-ring (bicyclic) bond motifs is 2. The molecule has 2 saturated carbocycles. The van der Waals surface area contributed by atoms with Crippen molar-refractivity contribution in [3.63, 3.8) is 0 Å². The summed E-state index contributed by atoms with van der Waals surface area (Å²) in [7, 11) is 4.11. The third kappa shape index (κ3) is 9.23. The summed E-state index contributed by atoms with van der Waals surface area (Å²) >= 11 is 0. The number of hydrogen-bond acceptors (Lipinski definition) is 5. The quantitative estimate of drug-likeness (QED) is 0.351. The molecule has 2 aliphatic rings. The van der Waals surface area contributed by atoms with E-state index < -0.39 is 0 Å². The summed E-state index contributed by atoms with van der Waals surface area (Å²) in [4.78, 5) is 12.5. The van der Waals surface area contributed by atoms with Crippen molar-refractivity contribution in [1.29, 1.82) is 0 Å². The molecule has 0 aromatic rings. The van der Waals surface area contributed by atoms with Gasteiger partial charge in [0.1, 0.15) is 0 Å². The fourth-order valence-corrected chi connectivity index (χ4v) is 6.63. The van der Waals surface area contributed by atoms with Crippen LogP contribution in [0.3, 0.4) is 0 Å². The average Bonchev–Trinajstić information content (AvgIpc) is 2.67. The van der Waals surface area contributed by atoms with Crippen molar-refractivity contribution in [2.75, 3.05) is 40.5 Å². The van der Waals surface area contributed by atoms with Gasteiger partial charge < -0.3 is 19.8 Å². The van der Waals surface area contributed by atoms with Crippen molar-refractivity contribution in [2.24, 2.45) is 22.2 Å². The molecule has 0 radical (unpaired) electrons. The predicted molar refractivity (Wildman–Crippen MR) is 123 cm³/mol. The molecule has 2 aliphatic carbocycles. The molecule has 178 valence electrons. The smallest absolute Gasteiger partial charge is 0.293 e. The van der Waals surface area contributed by atoms with Crippen LogP contribution in [0, 0.1) is 22.2 Å². The van der Waals surface area contributed by atoms with Gasteiger partial charge in [0.2, 0.25) is 0 Å². The molecule has 4 unspecified atom stereocenters. The molecule has 0 spiro atoms. The number of aliphatic hydroxyl groups excluding tert-OH is 2. The van der Waals surface area contributed by atoms with E-state index in [0.29, 0.717) is 35.9 Å². The highest BCUT2D eigenvalue weighted by Gasteiger charge is 2.52. The Morgan fingerprint density at radius 2 is 1.43 bits per heavy atom. The van der Waals surface area contributed by atoms with Gasteiger partial charge in [0.25, 0.3) is 6.47 Å². The first-order valence-electron chi connectivity index (χ1n) is 12.1. The third-order valence-electron chi connectivity index (χ3n) is 7.43. The molecule has 2 bridgehead atoms. The third-order valence-corrected chi connectivity index (χ3v) is 7.43. The number of aliphatic hydroxyl groups is 2. The van der Waals surface area contributed by atoms with Crippen molar-refractivity contribution in [3.8, 4) is 0 Å². The summed E-state index contributed by atoms with van der Waals surface area (Å²) in [5.74, 6) is 0.752. The van der Waals surface area contributed by atoms with Crippen molar-refractivity contribution < 1.29 is 19.7 Å². The van der Waals surface area contributed by atoms with Crippen LogP contribution in [0.1, 0.15) is 91.4 Å². The van der Waals surface area contributed by atoms with E-state index in [-0.39, 0.29) is 6.61 Å². The van der Waals surface area contributed by atoms with E-state index >= 15 is 0 Å². The summed E-state index contributed by atoms with van der Waals surface area (Å²) < 4.78 is 4.89. The van der Waals surface area contributed by atoms with Crippen molar-refractivity contribution in [1.82, 2.24) is 4.90 Å². The van der Waals surface area contributed by atoms with Crippen LogP contribution in [0.4, 0.5) is 0 Å². The maximum atomic E-state index is 10.4. The topological polar surface area (TPSA) is 70.0 Å². The van der Waals surface area contributed by atoms with Crippen LogP contribution in [-0.2, 0) is 9.53 Å². The lowest BCUT2D eigenvalue weighted by molar-refractivity contribution is -0.129. The van der Waals surface area contributed by atoms with Gasteiger partial charge in [-0.15, -0.1) is 0 Å². The summed E-state index contributed by atoms with van der Waals surface area (Å²) in [6.07, 6.45) is 12.4. The van der Waals surface area contributed by atoms with Gasteiger partial charge in [-0.3, -0.25) is 4.79 Å². The molecule has 0 saturated heterocycles. The summed E-state index contributed by atoms with van der Waals surface area (Å²) in [6, 6.07) is 0. The van der Waals surface area contributed by atoms with E-state index in [1.807, 2.05) is 0 Å². The first-order chi connectivity index (χ1) is 14.2. The van der Waals surface area contributed by atoms with E-state index in [1.54, 1.807) is 0 Å². The van der Waals surface area contributed by atoms with E-state index in [9.17, 15) is 15.0 Å². The molecular formula is C25H49NO4. The van der Waals surface area contributed by atoms with E-state index in [0.717, 1.165) is 51.0 Å². The lowest BCUT2D eigenvalue weighted by Crippen LogP contribution is -2.47. The minimum absolute atomic E-state index is 0.281. The van der Waals surface area contributed by atoms with Crippen molar-refractivity contribution in [2.45, 2.75) is 91.4 Å². The second kappa shape index (κ2) is 13.0. The molecule has 2 N–H and O–H groups in total. The zero-order valence-electron chi connectivity index (χ0n) is 20.4. The van der Waals surface area contributed by atoms with E-state index in [1.165, 1.54) is 32.1 Å². The van der Waals surface area contributed by atoms with Gasteiger partial charge in [0.15, 0.2) is 0 Å². The molecular weight excluding hydrogens is 378 g/mol. The highest BCUT2D eigenvalue weighted by Crippen LogP contribution is 2.63. The molecule has 0 aliphatic heterocycles. The van der Waals surface area contributed by atoms with Crippen molar-refractivity contribution in [3.05, 3.63) is 0 Å². The Kier molecular flexibility index (Phi) is 11.9. The maximum Gasteiger partial charge on any atom is 0.293 e. The summed E-state index contributed by atoms with van der Waals surface area (Å²) in [6.45, 7) is 9.75. The van der Waals surface area contributed by atoms with E-state index in [2.05, 4.69) is 39.8 Å². The molecule has 30 heavy (non-hydrogen) atoms. The van der Waals surface area contributed by atoms with E-state index in [4.69, 9.17) is 4.74 Å². The molecule has 2 fully saturated rings. The van der Waals surface area contributed by atoms with Crippen LogP contribution in [0.15, 0.2) is 0 Å². The first kappa shape index (κ1) is 27.4. The van der Waals surface area contributed by atoms with Gasteiger partial charge >= 0.3 is 0 Å². The molecule has 2 rings (SSSR count). The fourth-order valence-electron chi connectivity index (χ4n) is 6.63. The lowest BCUT2D eigenvalue weighted by atomic mass is 9.47. The second-order valence-electron chi connectivity index (χ2n) is 11.1. The number of nitrogens with zero attached hydrogens (tertiary/aromatic N) is 1. The number of carbonyl (C=O) groups is 1. The Bertz CT molecular complexity index is 484. The van der Waals surface area contributed by atoms with Crippen molar-refractivity contribution >= 4 is 6.47 Å². The molecule has 0 aromatic heterocycles. The molecule has 0 heterocycles. The summed E-state index contributed by atoms with van der Waals surface area (Å²) in [5.41, 5.74) is 1.00. The number of carbonyl (C=O) groups excluding carboxylic acids is 1. The number of rotatable bonds is 12. The normalized spacial score (nSPS) is 33.0. The average molecular weight is 428 g/mol. The van der Waals surface area contributed by atoms with Crippen LogP contribution in [0.2, 0.25) is 0 Å². The SMILES string of the molecule is CC1(CCCO)CC2CC(C)(CCCOC=O)CC(CCCO)(C2)C1.CCN(C)C. The fraction of sp³-hybridized carbons (Fsp3) is 0.960. The molecule has 4 atom stereocenters. The van der Waals surface area contributed by atoms with Crippen LogP contribution in [0.25, 0.3) is 0 Å². The second-order valence-corrected chi connectivity index (χ2v) is 11.1. The zero-order chi connectivity index (χ0) is 22.7. The van der Waals surface area contributed by atoms with Gasteiger partial charge in [-0.1, -0.05) is 20.8 Å². The first-order valence-corrected chi connectivity index (χ1v) is 12.1. The standard InChI is InChI=1S/C21H38O4.C4H11N/c1-19(6-3-9-22)12-18-13-20(2,7-5-11-25-17-24)16-21(14-18,15-19)8-4-10-23;1-4-5(2)3/h17-18,22-23H,3-16H2,1-2H3;4H2,1-3H3. The van der Waals surface area contributed by atoms with Crippen LogP contribution in [-0.4, -0.2) is 62.0 Å². The minimum Gasteiger partial charge on any atom is -0.468 e. The highest BCUT2D eigenvalue weighted by molar-refractivity contribution is 5.36. The van der Waals surface area contributed by atoms with Crippen LogP contribution in [0.5, 0.6) is 0 Å². The Balaban J connectivity index is 0.000000804. The van der Waals surface area contributed by atoms with Crippen LogP contribution < -0.4 is 0 Å².